The lowest BCUT2D eigenvalue weighted by Crippen LogP contribution is -2.39. The molecule has 1 aliphatic heterocycles. The van der Waals surface area contributed by atoms with Crippen molar-refractivity contribution in [3.05, 3.63) is 27.4 Å². The second-order valence-electron chi connectivity index (χ2n) is 5.58. The molecule has 0 atom stereocenters. The molecule has 1 aliphatic rings. The van der Waals surface area contributed by atoms with E-state index in [9.17, 15) is 9.59 Å². The Labute approximate surface area is 129 Å². The molecule has 1 aromatic rings. The molecule has 0 unspecified atom stereocenters. The standard InChI is InChI=1S/C15H23N3O2S/c1-10-13(11(2)17-15(20)16-10)4-5-14(19)18(3)12-6-8-21-9-7-12/h12H,4-9H2,1-3H3,(H,16,17,20). The molecule has 0 aromatic carbocycles. The van der Waals surface area contributed by atoms with Crippen molar-refractivity contribution in [1.29, 1.82) is 0 Å². The van der Waals surface area contributed by atoms with Crippen LogP contribution in [0.4, 0.5) is 0 Å². The van der Waals surface area contributed by atoms with Gasteiger partial charge in [0.2, 0.25) is 5.91 Å². The van der Waals surface area contributed by atoms with Crippen LogP contribution in [0, 0.1) is 13.8 Å². The highest BCUT2D eigenvalue weighted by Gasteiger charge is 2.22. The van der Waals surface area contributed by atoms with Crippen LogP contribution in [0.2, 0.25) is 0 Å². The summed E-state index contributed by atoms with van der Waals surface area (Å²) in [5.41, 5.74) is 2.20. The molecule has 21 heavy (non-hydrogen) atoms. The number of thioether (sulfide) groups is 1. The third-order valence-corrected chi connectivity index (χ3v) is 5.22. The predicted octanol–water partition coefficient (Wildman–Crippen LogP) is 1.67. The van der Waals surface area contributed by atoms with Gasteiger partial charge in [0.1, 0.15) is 0 Å². The Morgan fingerprint density at radius 1 is 1.38 bits per heavy atom. The molecule has 0 spiro atoms. The van der Waals surface area contributed by atoms with E-state index in [1.165, 1.54) is 0 Å². The third kappa shape index (κ3) is 4.09. The van der Waals surface area contributed by atoms with Crippen LogP contribution < -0.4 is 5.69 Å². The van der Waals surface area contributed by atoms with Crippen molar-refractivity contribution in [2.45, 2.75) is 45.6 Å². The second kappa shape index (κ2) is 7.11. The van der Waals surface area contributed by atoms with Crippen molar-refractivity contribution in [3.8, 4) is 0 Å². The van der Waals surface area contributed by atoms with E-state index >= 15 is 0 Å². The van der Waals surface area contributed by atoms with E-state index in [0.29, 0.717) is 18.9 Å². The molecule has 0 saturated carbocycles. The highest BCUT2D eigenvalue weighted by molar-refractivity contribution is 7.99. The molecule has 2 rings (SSSR count). The minimum Gasteiger partial charge on any atom is -0.343 e. The molecular formula is C15H23N3O2S. The first-order chi connectivity index (χ1) is 9.99. The highest BCUT2D eigenvalue weighted by Crippen LogP contribution is 2.21. The molecule has 1 fully saturated rings. The van der Waals surface area contributed by atoms with E-state index in [1.54, 1.807) is 0 Å². The summed E-state index contributed by atoms with van der Waals surface area (Å²) in [6.07, 6.45) is 3.28. The summed E-state index contributed by atoms with van der Waals surface area (Å²) < 4.78 is 0. The highest BCUT2D eigenvalue weighted by atomic mass is 32.2. The average molecular weight is 309 g/mol. The smallest absolute Gasteiger partial charge is 0.343 e. The van der Waals surface area contributed by atoms with E-state index in [1.807, 2.05) is 37.6 Å². The number of hydrogen-bond acceptors (Lipinski definition) is 4. The summed E-state index contributed by atoms with van der Waals surface area (Å²) in [5.74, 6) is 2.46. The van der Waals surface area contributed by atoms with Crippen LogP contribution >= 0.6 is 11.8 Å². The van der Waals surface area contributed by atoms with Gasteiger partial charge in [0, 0.05) is 30.9 Å². The summed E-state index contributed by atoms with van der Waals surface area (Å²) in [6.45, 7) is 3.68. The largest absolute Gasteiger partial charge is 0.345 e. The van der Waals surface area contributed by atoms with Gasteiger partial charge < -0.3 is 9.88 Å². The zero-order chi connectivity index (χ0) is 15.4. The molecule has 1 N–H and O–H groups in total. The lowest BCUT2D eigenvalue weighted by atomic mass is 10.0. The summed E-state index contributed by atoms with van der Waals surface area (Å²) in [7, 11) is 1.91. The van der Waals surface area contributed by atoms with E-state index in [-0.39, 0.29) is 11.6 Å². The Balaban J connectivity index is 1.96. The minimum absolute atomic E-state index is 0.178. The van der Waals surface area contributed by atoms with Crippen molar-refractivity contribution in [2.75, 3.05) is 18.6 Å². The normalized spacial score (nSPS) is 16.0. The van der Waals surface area contributed by atoms with Gasteiger partial charge in [0.05, 0.1) is 0 Å². The second-order valence-corrected chi connectivity index (χ2v) is 6.80. The number of nitrogens with one attached hydrogen (secondary N) is 1. The van der Waals surface area contributed by atoms with Gasteiger partial charge in [-0.3, -0.25) is 4.79 Å². The first kappa shape index (κ1) is 16.1. The van der Waals surface area contributed by atoms with Gasteiger partial charge in [0.25, 0.3) is 0 Å². The van der Waals surface area contributed by atoms with E-state index in [0.717, 1.165) is 41.3 Å². The topological polar surface area (TPSA) is 66.1 Å². The maximum atomic E-state index is 12.3. The Morgan fingerprint density at radius 3 is 2.67 bits per heavy atom. The molecule has 5 nitrogen and oxygen atoms in total. The molecule has 0 aliphatic carbocycles. The molecule has 0 radical (unpaired) electrons. The van der Waals surface area contributed by atoms with Gasteiger partial charge in [0.15, 0.2) is 0 Å². The summed E-state index contributed by atoms with van der Waals surface area (Å²) in [5, 5.41) is 0. The molecule has 116 valence electrons. The Kier molecular flexibility index (Phi) is 5.45. The Morgan fingerprint density at radius 2 is 2.05 bits per heavy atom. The Hall–Kier alpha value is -1.30. The van der Waals surface area contributed by atoms with Crippen molar-refractivity contribution >= 4 is 17.7 Å². The summed E-state index contributed by atoms with van der Waals surface area (Å²) in [6, 6.07) is 0.384. The van der Waals surface area contributed by atoms with Crippen LogP contribution in [0.15, 0.2) is 4.79 Å². The number of aryl methyl sites for hydroxylation is 2. The molecule has 1 aromatic heterocycles. The maximum absolute atomic E-state index is 12.3. The Bertz CT molecular complexity index is 538. The van der Waals surface area contributed by atoms with E-state index < -0.39 is 0 Å². The van der Waals surface area contributed by atoms with Gasteiger partial charge in [-0.15, -0.1) is 0 Å². The van der Waals surface area contributed by atoms with Crippen molar-refractivity contribution in [3.63, 3.8) is 0 Å². The fourth-order valence-corrected chi connectivity index (χ4v) is 3.89. The number of nitrogens with zero attached hydrogens (tertiary/aromatic N) is 2. The van der Waals surface area contributed by atoms with E-state index in [2.05, 4.69) is 9.97 Å². The average Bonchev–Trinajstić information content (AvgIpc) is 2.46. The fraction of sp³-hybridized carbons (Fsp3) is 0.667. The van der Waals surface area contributed by atoms with Gasteiger partial charge in [-0.1, -0.05) is 0 Å². The van der Waals surface area contributed by atoms with Crippen LogP contribution in [0.5, 0.6) is 0 Å². The van der Waals surface area contributed by atoms with Gasteiger partial charge in [-0.2, -0.15) is 16.7 Å². The molecule has 1 amide bonds. The van der Waals surface area contributed by atoms with Gasteiger partial charge in [-0.05, 0) is 50.2 Å². The summed E-state index contributed by atoms with van der Waals surface area (Å²) in [4.78, 5) is 32.1. The first-order valence-electron chi connectivity index (χ1n) is 7.39. The van der Waals surface area contributed by atoms with Crippen LogP contribution in [0.25, 0.3) is 0 Å². The quantitative estimate of drug-likeness (QED) is 0.919. The molecule has 6 heteroatoms. The lowest BCUT2D eigenvalue weighted by molar-refractivity contribution is -0.132. The van der Waals surface area contributed by atoms with Crippen LogP contribution in [-0.4, -0.2) is 45.4 Å². The molecule has 0 bridgehead atoms. The molecule has 1 saturated heterocycles. The number of rotatable bonds is 4. The lowest BCUT2D eigenvalue weighted by Gasteiger charge is -2.31. The van der Waals surface area contributed by atoms with E-state index in [4.69, 9.17) is 0 Å². The van der Waals surface area contributed by atoms with Gasteiger partial charge >= 0.3 is 5.69 Å². The number of aromatic nitrogens is 2. The van der Waals surface area contributed by atoms with Crippen molar-refractivity contribution in [1.82, 2.24) is 14.9 Å². The fourth-order valence-electron chi connectivity index (χ4n) is 2.81. The predicted molar refractivity (Wildman–Crippen MR) is 85.8 cm³/mol. The minimum atomic E-state index is -0.322. The SMILES string of the molecule is Cc1nc(=O)[nH]c(C)c1CCC(=O)N(C)C1CCSCC1. The number of aromatic amines is 1. The van der Waals surface area contributed by atoms with Crippen LogP contribution in [0.3, 0.4) is 0 Å². The number of hydrogen-bond donors (Lipinski definition) is 1. The van der Waals surface area contributed by atoms with Crippen LogP contribution in [0.1, 0.15) is 36.2 Å². The van der Waals surface area contributed by atoms with Crippen LogP contribution in [-0.2, 0) is 11.2 Å². The molecular weight excluding hydrogens is 286 g/mol. The van der Waals surface area contributed by atoms with Crippen molar-refractivity contribution in [2.24, 2.45) is 0 Å². The number of H-pyrrole nitrogens is 1. The monoisotopic (exact) mass is 309 g/mol. The zero-order valence-corrected chi connectivity index (χ0v) is 13.8. The zero-order valence-electron chi connectivity index (χ0n) is 12.9. The number of carbonyl (C=O) groups excluding carboxylic acids is 1. The first-order valence-corrected chi connectivity index (χ1v) is 8.54. The number of amides is 1. The van der Waals surface area contributed by atoms with Gasteiger partial charge in [-0.25, -0.2) is 4.79 Å². The van der Waals surface area contributed by atoms with Crippen molar-refractivity contribution < 1.29 is 4.79 Å². The third-order valence-electron chi connectivity index (χ3n) is 4.17. The maximum Gasteiger partial charge on any atom is 0.345 e. The number of carbonyl (C=O) groups is 1. The summed E-state index contributed by atoms with van der Waals surface area (Å²) >= 11 is 1.96. The molecule has 2 heterocycles.